The Hall–Kier alpha value is -3.19. The van der Waals surface area contributed by atoms with Crippen molar-refractivity contribution in [2.75, 3.05) is 44.2 Å². The third kappa shape index (κ3) is 6.40. The molecule has 1 aliphatic heterocycles. The molecular weight excluding hydrogens is 398 g/mol. The van der Waals surface area contributed by atoms with Crippen molar-refractivity contribution in [3.63, 3.8) is 0 Å². The lowest BCUT2D eigenvalue weighted by Crippen LogP contribution is -2.42. The molecule has 6 nitrogen and oxygen atoms in total. The lowest BCUT2D eigenvalue weighted by atomic mass is 10.1. The van der Waals surface area contributed by atoms with Crippen LogP contribution >= 0.6 is 0 Å². The summed E-state index contributed by atoms with van der Waals surface area (Å²) in [6.45, 7) is 9.33. The molecule has 0 saturated carbocycles. The molecule has 32 heavy (non-hydrogen) atoms. The molecule has 0 aromatic heterocycles. The Bertz CT molecular complexity index is 1000. The SMILES string of the molecule is Cc1ccc(N(CCC#N)C(=O)CN2CCCN(Cc3ccc(C#N)cc3)CC2)cc1C. The van der Waals surface area contributed by atoms with Crippen LogP contribution in [-0.2, 0) is 11.3 Å². The van der Waals surface area contributed by atoms with Gasteiger partial charge in [-0.15, -0.1) is 0 Å². The maximum atomic E-state index is 13.2. The average Bonchev–Trinajstić information content (AvgIpc) is 3.02. The predicted molar refractivity (Wildman–Crippen MR) is 126 cm³/mol. The number of carbonyl (C=O) groups excluding carboxylic acids is 1. The number of anilines is 1. The number of hydrogen-bond acceptors (Lipinski definition) is 5. The van der Waals surface area contributed by atoms with Crippen LogP contribution in [0.4, 0.5) is 5.69 Å². The van der Waals surface area contributed by atoms with Gasteiger partial charge in [0.1, 0.15) is 0 Å². The molecule has 1 amide bonds. The number of rotatable bonds is 7. The Balaban J connectivity index is 1.59. The first-order valence-corrected chi connectivity index (χ1v) is 11.2. The van der Waals surface area contributed by atoms with Crippen molar-refractivity contribution in [1.82, 2.24) is 9.80 Å². The highest BCUT2D eigenvalue weighted by atomic mass is 16.2. The fourth-order valence-corrected chi connectivity index (χ4v) is 4.01. The van der Waals surface area contributed by atoms with Gasteiger partial charge in [0.05, 0.1) is 30.7 Å². The zero-order chi connectivity index (χ0) is 22.9. The molecule has 0 unspecified atom stereocenters. The van der Waals surface area contributed by atoms with E-state index in [0.29, 0.717) is 25.1 Å². The third-order valence-electron chi connectivity index (χ3n) is 6.08. The van der Waals surface area contributed by atoms with Crippen LogP contribution in [0, 0.1) is 36.5 Å². The number of aryl methyl sites for hydroxylation is 2. The van der Waals surface area contributed by atoms with Crippen LogP contribution in [0.1, 0.15) is 35.1 Å². The maximum absolute atomic E-state index is 13.2. The third-order valence-corrected chi connectivity index (χ3v) is 6.08. The van der Waals surface area contributed by atoms with Gasteiger partial charge in [-0.1, -0.05) is 18.2 Å². The molecule has 0 bridgehead atoms. The van der Waals surface area contributed by atoms with Gasteiger partial charge < -0.3 is 4.90 Å². The topological polar surface area (TPSA) is 74.4 Å². The van der Waals surface area contributed by atoms with E-state index >= 15 is 0 Å². The fraction of sp³-hybridized carbons (Fsp3) is 0.423. The molecule has 1 aliphatic rings. The zero-order valence-corrected chi connectivity index (χ0v) is 19.0. The molecule has 0 spiro atoms. The van der Waals surface area contributed by atoms with E-state index in [0.717, 1.165) is 50.4 Å². The summed E-state index contributed by atoms with van der Waals surface area (Å²) in [7, 11) is 0. The second-order valence-electron chi connectivity index (χ2n) is 8.44. The molecule has 0 atom stereocenters. The van der Waals surface area contributed by atoms with E-state index in [4.69, 9.17) is 10.5 Å². The van der Waals surface area contributed by atoms with Crippen LogP contribution in [0.25, 0.3) is 0 Å². The minimum absolute atomic E-state index is 0.0454. The van der Waals surface area contributed by atoms with Gasteiger partial charge in [0.2, 0.25) is 5.91 Å². The highest BCUT2D eigenvalue weighted by molar-refractivity contribution is 5.95. The van der Waals surface area contributed by atoms with Gasteiger partial charge >= 0.3 is 0 Å². The van der Waals surface area contributed by atoms with Crippen LogP contribution in [-0.4, -0.2) is 55.0 Å². The van der Waals surface area contributed by atoms with E-state index < -0.39 is 0 Å². The van der Waals surface area contributed by atoms with Crippen LogP contribution in [0.15, 0.2) is 42.5 Å². The second kappa shape index (κ2) is 11.4. The van der Waals surface area contributed by atoms with Gasteiger partial charge in [-0.25, -0.2) is 0 Å². The summed E-state index contributed by atoms with van der Waals surface area (Å²) in [6, 6.07) is 18.1. The number of benzene rings is 2. The van der Waals surface area contributed by atoms with Gasteiger partial charge in [-0.3, -0.25) is 14.6 Å². The van der Waals surface area contributed by atoms with Crippen molar-refractivity contribution in [2.24, 2.45) is 0 Å². The lowest BCUT2D eigenvalue weighted by Gasteiger charge is -2.27. The van der Waals surface area contributed by atoms with E-state index in [2.05, 4.69) is 28.9 Å². The minimum atomic E-state index is 0.0454. The van der Waals surface area contributed by atoms with Crippen molar-refractivity contribution in [2.45, 2.75) is 33.2 Å². The maximum Gasteiger partial charge on any atom is 0.241 e. The summed E-state index contributed by atoms with van der Waals surface area (Å²) < 4.78 is 0. The van der Waals surface area contributed by atoms with Crippen molar-refractivity contribution in [3.8, 4) is 12.1 Å². The molecule has 0 radical (unpaired) electrons. The first kappa shape index (κ1) is 23.5. The predicted octanol–water partition coefficient (Wildman–Crippen LogP) is 3.63. The van der Waals surface area contributed by atoms with E-state index in [1.165, 1.54) is 11.1 Å². The number of hydrogen-bond donors (Lipinski definition) is 0. The van der Waals surface area contributed by atoms with Crippen LogP contribution in [0.5, 0.6) is 0 Å². The van der Waals surface area contributed by atoms with Crippen LogP contribution in [0.2, 0.25) is 0 Å². The Kier molecular flexibility index (Phi) is 8.39. The van der Waals surface area contributed by atoms with Gasteiger partial charge in [-0.2, -0.15) is 10.5 Å². The lowest BCUT2D eigenvalue weighted by molar-refractivity contribution is -0.119. The molecule has 6 heteroatoms. The normalized spacial score (nSPS) is 14.9. The fourth-order valence-electron chi connectivity index (χ4n) is 4.01. The summed E-state index contributed by atoms with van der Waals surface area (Å²) >= 11 is 0. The second-order valence-corrected chi connectivity index (χ2v) is 8.44. The highest BCUT2D eigenvalue weighted by Crippen LogP contribution is 2.20. The average molecular weight is 430 g/mol. The molecule has 3 rings (SSSR count). The summed E-state index contributed by atoms with van der Waals surface area (Å²) in [6.07, 6.45) is 1.32. The monoisotopic (exact) mass is 429 g/mol. The van der Waals surface area contributed by atoms with Gasteiger partial charge in [0.15, 0.2) is 0 Å². The number of amides is 1. The zero-order valence-electron chi connectivity index (χ0n) is 19.0. The first-order chi connectivity index (χ1) is 15.5. The molecule has 0 N–H and O–H groups in total. The molecule has 2 aromatic rings. The number of nitriles is 2. The Labute approximate surface area is 191 Å². The molecule has 166 valence electrons. The summed E-state index contributed by atoms with van der Waals surface area (Å²) in [5, 5.41) is 18.0. The van der Waals surface area contributed by atoms with Crippen molar-refractivity contribution in [3.05, 3.63) is 64.7 Å². The Morgan fingerprint density at radius 3 is 2.38 bits per heavy atom. The Morgan fingerprint density at radius 2 is 1.69 bits per heavy atom. The quantitative estimate of drug-likeness (QED) is 0.672. The minimum Gasteiger partial charge on any atom is -0.310 e. The molecule has 2 aromatic carbocycles. The van der Waals surface area contributed by atoms with Crippen molar-refractivity contribution < 1.29 is 4.79 Å². The highest BCUT2D eigenvalue weighted by Gasteiger charge is 2.22. The van der Waals surface area contributed by atoms with E-state index in [1.54, 1.807) is 4.90 Å². The first-order valence-electron chi connectivity index (χ1n) is 11.2. The van der Waals surface area contributed by atoms with Gasteiger partial charge in [-0.05, 0) is 74.3 Å². The smallest absolute Gasteiger partial charge is 0.241 e. The van der Waals surface area contributed by atoms with E-state index in [-0.39, 0.29) is 5.91 Å². The number of nitrogens with zero attached hydrogens (tertiary/aromatic N) is 5. The molecule has 1 saturated heterocycles. The molecular formula is C26H31N5O. The van der Waals surface area contributed by atoms with Crippen LogP contribution < -0.4 is 4.90 Å². The van der Waals surface area contributed by atoms with E-state index in [9.17, 15) is 4.79 Å². The Morgan fingerprint density at radius 1 is 0.969 bits per heavy atom. The van der Waals surface area contributed by atoms with E-state index in [1.807, 2.05) is 49.4 Å². The standard InChI is InChI=1S/C26H31N5O/c1-21-5-10-25(17-22(21)2)31(14-3-11-27)26(32)20-30-13-4-12-29(15-16-30)19-24-8-6-23(18-28)7-9-24/h5-10,17H,3-4,12-16,19-20H2,1-2H3. The molecule has 0 aliphatic carbocycles. The largest absolute Gasteiger partial charge is 0.310 e. The van der Waals surface area contributed by atoms with Gasteiger partial charge in [0, 0.05) is 31.9 Å². The number of carbonyl (C=O) groups is 1. The van der Waals surface area contributed by atoms with Crippen LogP contribution in [0.3, 0.4) is 0 Å². The summed E-state index contributed by atoms with van der Waals surface area (Å²) in [5.41, 5.74) is 5.08. The summed E-state index contributed by atoms with van der Waals surface area (Å²) in [5.74, 6) is 0.0454. The van der Waals surface area contributed by atoms with Crippen molar-refractivity contribution >= 4 is 11.6 Å². The van der Waals surface area contributed by atoms with Gasteiger partial charge in [0.25, 0.3) is 0 Å². The van der Waals surface area contributed by atoms with Crippen molar-refractivity contribution in [1.29, 1.82) is 10.5 Å². The molecule has 1 fully saturated rings. The molecule has 1 heterocycles. The summed E-state index contributed by atoms with van der Waals surface area (Å²) in [4.78, 5) is 19.6.